The summed E-state index contributed by atoms with van der Waals surface area (Å²) in [5, 5.41) is 20.1. The molecule has 1 saturated carbocycles. The summed E-state index contributed by atoms with van der Waals surface area (Å²) in [5.41, 5.74) is 1.25. The Kier molecular flexibility index (Phi) is 4.51. The molecule has 0 aliphatic heterocycles. The van der Waals surface area contributed by atoms with E-state index >= 15 is 0 Å². The van der Waals surface area contributed by atoms with E-state index in [4.69, 9.17) is 4.42 Å². The third-order valence-electron chi connectivity index (χ3n) is 4.40. The Bertz CT molecular complexity index is 1020. The highest BCUT2D eigenvalue weighted by atomic mass is 32.2. The van der Waals surface area contributed by atoms with Crippen molar-refractivity contribution >= 4 is 23.1 Å². The lowest BCUT2D eigenvalue weighted by molar-refractivity contribution is 0.529. The van der Waals surface area contributed by atoms with Crippen LogP contribution in [0.2, 0.25) is 0 Å². The van der Waals surface area contributed by atoms with Crippen molar-refractivity contribution in [3.05, 3.63) is 65.1 Å². The van der Waals surface area contributed by atoms with E-state index in [9.17, 15) is 0 Å². The molecule has 0 radical (unpaired) electrons. The van der Waals surface area contributed by atoms with Crippen LogP contribution in [-0.4, -0.2) is 25.0 Å². The zero-order valence-electron chi connectivity index (χ0n) is 14.5. The van der Waals surface area contributed by atoms with Gasteiger partial charge in [-0.1, -0.05) is 48.2 Å². The van der Waals surface area contributed by atoms with Crippen LogP contribution in [0.1, 0.15) is 36.0 Å². The van der Waals surface area contributed by atoms with E-state index < -0.39 is 0 Å². The van der Waals surface area contributed by atoms with Gasteiger partial charge in [-0.3, -0.25) is 0 Å². The normalized spacial score (nSPS) is 13.9. The number of thiophene rings is 1. The van der Waals surface area contributed by atoms with Crippen LogP contribution in [0.5, 0.6) is 0 Å². The molecule has 3 aromatic heterocycles. The average molecular weight is 396 g/mol. The Morgan fingerprint density at radius 2 is 1.93 bits per heavy atom. The van der Waals surface area contributed by atoms with Crippen LogP contribution >= 0.6 is 23.1 Å². The Morgan fingerprint density at radius 3 is 2.70 bits per heavy atom. The first-order chi connectivity index (χ1) is 13.4. The van der Waals surface area contributed by atoms with Crippen LogP contribution in [0.4, 0.5) is 0 Å². The first kappa shape index (κ1) is 16.7. The molecule has 5 rings (SSSR count). The molecule has 27 heavy (non-hydrogen) atoms. The number of nitrogens with zero attached hydrogens (tertiary/aromatic N) is 5. The highest BCUT2D eigenvalue weighted by Gasteiger charge is 2.30. The van der Waals surface area contributed by atoms with Gasteiger partial charge in [0.2, 0.25) is 5.89 Å². The summed E-state index contributed by atoms with van der Waals surface area (Å²) in [5.74, 6) is 3.39. The largest absolute Gasteiger partial charge is 0.419 e. The maximum Gasteiger partial charge on any atom is 0.257 e. The molecular weight excluding hydrogens is 378 g/mol. The highest BCUT2D eigenvalue weighted by Crippen LogP contribution is 2.40. The monoisotopic (exact) mass is 395 g/mol. The third kappa shape index (κ3) is 3.68. The molecule has 1 aliphatic rings. The van der Waals surface area contributed by atoms with Gasteiger partial charge in [0.15, 0.2) is 5.16 Å². The molecular formula is C19H17N5OS2. The lowest BCUT2D eigenvalue weighted by Gasteiger charge is -2.09. The molecule has 0 N–H and O–H groups in total. The lowest BCUT2D eigenvalue weighted by Crippen LogP contribution is -2.06. The van der Waals surface area contributed by atoms with Crippen LogP contribution in [0.15, 0.2) is 57.4 Å². The molecule has 8 heteroatoms. The van der Waals surface area contributed by atoms with Crippen molar-refractivity contribution in [1.82, 2.24) is 25.0 Å². The van der Waals surface area contributed by atoms with Crippen molar-refractivity contribution in [2.45, 2.75) is 36.2 Å². The molecule has 0 spiro atoms. The molecule has 6 nitrogen and oxygen atoms in total. The number of aromatic nitrogens is 5. The topological polar surface area (TPSA) is 69.6 Å². The van der Waals surface area contributed by atoms with Gasteiger partial charge in [0.25, 0.3) is 5.89 Å². The van der Waals surface area contributed by atoms with Crippen LogP contribution in [0.3, 0.4) is 0 Å². The summed E-state index contributed by atoms with van der Waals surface area (Å²) >= 11 is 3.18. The van der Waals surface area contributed by atoms with Crippen molar-refractivity contribution in [3.8, 4) is 10.8 Å². The fourth-order valence-corrected chi connectivity index (χ4v) is 4.33. The second kappa shape index (κ2) is 7.28. The van der Waals surface area contributed by atoms with Crippen molar-refractivity contribution in [2.24, 2.45) is 0 Å². The van der Waals surface area contributed by atoms with Gasteiger partial charge < -0.3 is 8.98 Å². The molecule has 3 heterocycles. The lowest BCUT2D eigenvalue weighted by atomic mass is 10.2. The van der Waals surface area contributed by atoms with E-state index in [1.54, 1.807) is 23.1 Å². The molecule has 136 valence electrons. The summed E-state index contributed by atoms with van der Waals surface area (Å²) in [6.45, 7) is 0.784. The van der Waals surface area contributed by atoms with Gasteiger partial charge in [-0.25, -0.2) is 0 Å². The second-order valence-electron chi connectivity index (χ2n) is 6.45. The summed E-state index contributed by atoms with van der Waals surface area (Å²) in [7, 11) is 0. The summed E-state index contributed by atoms with van der Waals surface area (Å²) in [6, 6.07) is 14.4. The number of rotatable bonds is 7. The summed E-state index contributed by atoms with van der Waals surface area (Å²) in [4.78, 5) is 0.988. The van der Waals surface area contributed by atoms with E-state index in [1.807, 2.05) is 23.6 Å². The van der Waals surface area contributed by atoms with Crippen molar-refractivity contribution in [3.63, 3.8) is 0 Å². The van der Waals surface area contributed by atoms with E-state index in [2.05, 4.69) is 49.2 Å². The van der Waals surface area contributed by atoms with Crippen LogP contribution < -0.4 is 0 Å². The van der Waals surface area contributed by atoms with Gasteiger partial charge in [0, 0.05) is 5.92 Å². The minimum Gasteiger partial charge on any atom is -0.419 e. The average Bonchev–Trinajstić information content (AvgIpc) is 3.11. The molecule has 1 aromatic carbocycles. The summed E-state index contributed by atoms with van der Waals surface area (Å²) in [6.07, 6.45) is 2.40. The van der Waals surface area contributed by atoms with E-state index in [1.165, 1.54) is 18.4 Å². The SMILES string of the molecule is c1ccc(Cn2c(SCc3nnc(-c4cccs4)o3)nnc2C2CC2)cc1. The fraction of sp³-hybridized carbons (Fsp3) is 0.263. The maximum absolute atomic E-state index is 5.78. The van der Waals surface area contributed by atoms with Gasteiger partial charge in [0.1, 0.15) is 5.82 Å². The number of hydrogen-bond donors (Lipinski definition) is 0. The molecule has 1 aliphatic carbocycles. The Morgan fingerprint density at radius 1 is 1.04 bits per heavy atom. The number of thioether (sulfide) groups is 1. The second-order valence-corrected chi connectivity index (χ2v) is 8.34. The molecule has 0 bridgehead atoms. The minimum absolute atomic E-state index is 0.546. The predicted octanol–water partition coefficient (Wildman–Crippen LogP) is 4.61. The molecule has 0 atom stereocenters. The van der Waals surface area contributed by atoms with Gasteiger partial charge in [-0.15, -0.1) is 31.7 Å². The Labute approximate surface area is 164 Å². The van der Waals surface area contributed by atoms with Gasteiger partial charge in [0.05, 0.1) is 17.2 Å². The van der Waals surface area contributed by atoms with Gasteiger partial charge in [-0.2, -0.15) is 0 Å². The zero-order valence-corrected chi connectivity index (χ0v) is 16.1. The molecule has 0 unspecified atom stereocenters. The molecule has 4 aromatic rings. The Balaban J connectivity index is 1.34. The van der Waals surface area contributed by atoms with Crippen LogP contribution in [-0.2, 0) is 12.3 Å². The van der Waals surface area contributed by atoms with Crippen molar-refractivity contribution < 1.29 is 4.42 Å². The first-order valence-corrected chi connectivity index (χ1v) is 10.7. The van der Waals surface area contributed by atoms with E-state index in [0.29, 0.717) is 23.5 Å². The van der Waals surface area contributed by atoms with Crippen LogP contribution in [0.25, 0.3) is 10.8 Å². The quantitative estimate of drug-likeness (QED) is 0.426. The predicted molar refractivity (Wildman–Crippen MR) is 105 cm³/mol. The zero-order chi connectivity index (χ0) is 18.1. The van der Waals surface area contributed by atoms with Crippen molar-refractivity contribution in [1.29, 1.82) is 0 Å². The molecule has 1 fully saturated rings. The van der Waals surface area contributed by atoms with E-state index in [-0.39, 0.29) is 0 Å². The maximum atomic E-state index is 5.78. The third-order valence-corrected chi connectivity index (χ3v) is 6.20. The Hall–Kier alpha value is -2.45. The summed E-state index contributed by atoms with van der Waals surface area (Å²) < 4.78 is 8.01. The highest BCUT2D eigenvalue weighted by molar-refractivity contribution is 7.98. The molecule has 0 saturated heterocycles. The smallest absolute Gasteiger partial charge is 0.257 e. The van der Waals surface area contributed by atoms with Crippen LogP contribution in [0, 0.1) is 0 Å². The molecule has 0 amide bonds. The van der Waals surface area contributed by atoms with E-state index in [0.717, 1.165) is 22.4 Å². The van der Waals surface area contributed by atoms with Gasteiger partial charge in [-0.05, 0) is 29.9 Å². The number of benzene rings is 1. The standard InChI is InChI=1S/C19H17N5OS2/c1-2-5-13(6-3-1)11-24-17(14-8-9-14)21-23-19(24)27-12-16-20-22-18(25-16)15-7-4-10-26-15/h1-7,10,14H,8-9,11-12H2. The fourth-order valence-electron chi connectivity index (χ4n) is 2.90. The number of hydrogen-bond acceptors (Lipinski definition) is 7. The van der Waals surface area contributed by atoms with Crippen molar-refractivity contribution in [2.75, 3.05) is 0 Å². The first-order valence-electron chi connectivity index (χ1n) is 8.83. The van der Waals surface area contributed by atoms with Gasteiger partial charge >= 0.3 is 0 Å². The minimum atomic E-state index is 0.546.